The standard InChI is InChI=1S/C23H35NO5/c1-15(2)21-18(28-21)9-7-8-10-20(25)24-14-16-11-12-17(19(13-16)27-6)29-22(26)23(3,4)5/h11-13,15,18,21H,7-10,14H2,1-6H3,(H,24,25). The van der Waals surface area contributed by atoms with Gasteiger partial charge in [0, 0.05) is 13.0 Å². The van der Waals surface area contributed by atoms with Crippen LogP contribution in [0.4, 0.5) is 0 Å². The summed E-state index contributed by atoms with van der Waals surface area (Å²) in [6.07, 6.45) is 4.20. The van der Waals surface area contributed by atoms with Gasteiger partial charge in [-0.3, -0.25) is 9.59 Å². The summed E-state index contributed by atoms with van der Waals surface area (Å²) < 4.78 is 16.4. The molecule has 0 aromatic heterocycles. The van der Waals surface area contributed by atoms with Crippen LogP contribution in [0.15, 0.2) is 18.2 Å². The zero-order valence-corrected chi connectivity index (χ0v) is 18.5. The first-order valence-corrected chi connectivity index (χ1v) is 10.4. The van der Waals surface area contributed by atoms with Crippen molar-refractivity contribution >= 4 is 11.9 Å². The minimum atomic E-state index is -0.598. The first kappa shape index (κ1) is 23.2. The number of methoxy groups -OCH3 is 1. The van der Waals surface area contributed by atoms with Crippen LogP contribution in [-0.2, 0) is 20.9 Å². The number of unbranched alkanes of at least 4 members (excludes halogenated alkanes) is 1. The molecular weight excluding hydrogens is 370 g/mol. The Balaban J connectivity index is 1.74. The third kappa shape index (κ3) is 7.35. The normalized spacial score (nSPS) is 18.4. The minimum Gasteiger partial charge on any atom is -0.493 e. The fourth-order valence-corrected chi connectivity index (χ4v) is 3.05. The van der Waals surface area contributed by atoms with Crippen molar-refractivity contribution in [3.05, 3.63) is 23.8 Å². The van der Waals surface area contributed by atoms with Gasteiger partial charge in [0.2, 0.25) is 5.91 Å². The second-order valence-corrected chi connectivity index (χ2v) is 9.03. The van der Waals surface area contributed by atoms with E-state index >= 15 is 0 Å². The molecule has 0 radical (unpaired) electrons. The predicted octanol–water partition coefficient (Wildman–Crippen LogP) is 4.25. The van der Waals surface area contributed by atoms with E-state index in [1.807, 2.05) is 6.07 Å². The number of hydrogen-bond donors (Lipinski definition) is 1. The Hall–Kier alpha value is -2.08. The summed E-state index contributed by atoms with van der Waals surface area (Å²) in [5, 5.41) is 2.93. The van der Waals surface area contributed by atoms with Gasteiger partial charge < -0.3 is 19.5 Å². The van der Waals surface area contributed by atoms with Crippen LogP contribution in [0.3, 0.4) is 0 Å². The van der Waals surface area contributed by atoms with Crippen LogP contribution in [-0.4, -0.2) is 31.2 Å². The molecule has 6 heteroatoms. The second-order valence-electron chi connectivity index (χ2n) is 9.03. The Morgan fingerprint density at radius 2 is 1.90 bits per heavy atom. The molecule has 1 aliphatic heterocycles. The summed E-state index contributed by atoms with van der Waals surface area (Å²) in [5.74, 6) is 1.13. The molecule has 2 unspecified atom stereocenters. The molecule has 0 aliphatic carbocycles. The van der Waals surface area contributed by atoms with E-state index in [-0.39, 0.29) is 11.9 Å². The van der Waals surface area contributed by atoms with Crippen molar-refractivity contribution in [1.82, 2.24) is 5.32 Å². The van der Waals surface area contributed by atoms with E-state index < -0.39 is 5.41 Å². The number of ether oxygens (including phenoxy) is 3. The van der Waals surface area contributed by atoms with E-state index in [1.54, 1.807) is 32.9 Å². The third-order valence-corrected chi connectivity index (χ3v) is 4.95. The molecule has 0 spiro atoms. The van der Waals surface area contributed by atoms with Gasteiger partial charge in [0.25, 0.3) is 0 Å². The van der Waals surface area contributed by atoms with E-state index in [0.29, 0.717) is 42.6 Å². The van der Waals surface area contributed by atoms with Gasteiger partial charge in [-0.2, -0.15) is 0 Å². The number of esters is 1. The minimum absolute atomic E-state index is 0.0318. The topological polar surface area (TPSA) is 77.2 Å². The number of nitrogens with one attached hydrogen (secondary N) is 1. The zero-order chi connectivity index (χ0) is 21.6. The maximum atomic E-state index is 12.1. The largest absolute Gasteiger partial charge is 0.493 e. The first-order chi connectivity index (χ1) is 13.6. The lowest BCUT2D eigenvalue weighted by Crippen LogP contribution is -2.25. The highest BCUT2D eigenvalue weighted by atomic mass is 16.6. The lowest BCUT2D eigenvalue weighted by molar-refractivity contribution is -0.143. The van der Waals surface area contributed by atoms with Crippen LogP contribution in [0.25, 0.3) is 0 Å². The molecule has 1 fully saturated rings. The van der Waals surface area contributed by atoms with Crippen LogP contribution < -0.4 is 14.8 Å². The van der Waals surface area contributed by atoms with Crippen LogP contribution >= 0.6 is 0 Å². The van der Waals surface area contributed by atoms with Crippen molar-refractivity contribution in [2.24, 2.45) is 11.3 Å². The van der Waals surface area contributed by atoms with Gasteiger partial charge in [-0.15, -0.1) is 0 Å². The highest BCUT2D eigenvalue weighted by Crippen LogP contribution is 2.33. The molecule has 1 saturated heterocycles. The van der Waals surface area contributed by atoms with E-state index in [4.69, 9.17) is 14.2 Å². The number of benzene rings is 1. The fraction of sp³-hybridized carbons (Fsp3) is 0.652. The lowest BCUT2D eigenvalue weighted by atomic mass is 9.97. The Morgan fingerprint density at radius 3 is 2.48 bits per heavy atom. The average molecular weight is 406 g/mol. The summed E-state index contributed by atoms with van der Waals surface area (Å²) in [4.78, 5) is 24.2. The molecule has 6 nitrogen and oxygen atoms in total. The highest BCUT2D eigenvalue weighted by molar-refractivity contribution is 5.78. The fourth-order valence-electron chi connectivity index (χ4n) is 3.05. The van der Waals surface area contributed by atoms with Gasteiger partial charge in [-0.05, 0) is 57.2 Å². The molecule has 1 aliphatic rings. The average Bonchev–Trinajstić information content (AvgIpc) is 3.43. The number of rotatable bonds is 10. The number of amides is 1. The van der Waals surface area contributed by atoms with E-state index in [1.165, 1.54) is 7.11 Å². The molecule has 0 bridgehead atoms. The smallest absolute Gasteiger partial charge is 0.316 e. The Labute approximate surface area is 174 Å². The van der Waals surface area contributed by atoms with Crippen LogP contribution in [0.2, 0.25) is 0 Å². The van der Waals surface area contributed by atoms with Crippen LogP contribution in [0.5, 0.6) is 11.5 Å². The summed E-state index contributed by atoms with van der Waals surface area (Å²) in [6.45, 7) is 10.1. The van der Waals surface area contributed by atoms with Gasteiger partial charge in [0.15, 0.2) is 11.5 Å². The van der Waals surface area contributed by atoms with Crippen molar-refractivity contribution in [3.63, 3.8) is 0 Å². The van der Waals surface area contributed by atoms with Crippen molar-refractivity contribution < 1.29 is 23.8 Å². The second kappa shape index (κ2) is 10.1. The van der Waals surface area contributed by atoms with Gasteiger partial charge in [-0.1, -0.05) is 26.3 Å². The molecular formula is C23H35NO5. The van der Waals surface area contributed by atoms with Gasteiger partial charge in [-0.25, -0.2) is 0 Å². The van der Waals surface area contributed by atoms with Crippen LogP contribution in [0, 0.1) is 11.3 Å². The molecule has 2 atom stereocenters. The molecule has 1 N–H and O–H groups in total. The summed E-state index contributed by atoms with van der Waals surface area (Å²) in [7, 11) is 1.53. The molecule has 2 rings (SSSR count). The molecule has 162 valence electrons. The maximum absolute atomic E-state index is 12.1. The van der Waals surface area contributed by atoms with Gasteiger partial charge in [0.1, 0.15) is 0 Å². The molecule has 0 saturated carbocycles. The number of carbonyl (C=O) groups excluding carboxylic acids is 2. The Bertz CT molecular complexity index is 708. The monoisotopic (exact) mass is 405 g/mol. The SMILES string of the molecule is COc1cc(CNC(=O)CCCCC2OC2C(C)C)ccc1OC(=O)C(C)(C)C. The number of epoxide rings is 1. The molecule has 1 heterocycles. The highest BCUT2D eigenvalue weighted by Gasteiger charge is 2.39. The Kier molecular flexibility index (Phi) is 8.08. The maximum Gasteiger partial charge on any atom is 0.316 e. The third-order valence-electron chi connectivity index (χ3n) is 4.95. The summed E-state index contributed by atoms with van der Waals surface area (Å²) in [6, 6.07) is 5.30. The summed E-state index contributed by atoms with van der Waals surface area (Å²) >= 11 is 0. The van der Waals surface area contributed by atoms with Crippen molar-refractivity contribution in [2.45, 2.75) is 79.1 Å². The molecule has 1 aromatic rings. The number of hydrogen-bond acceptors (Lipinski definition) is 5. The Morgan fingerprint density at radius 1 is 1.17 bits per heavy atom. The van der Waals surface area contributed by atoms with Crippen molar-refractivity contribution in [2.75, 3.05) is 7.11 Å². The number of carbonyl (C=O) groups is 2. The quantitative estimate of drug-likeness (QED) is 0.273. The molecule has 29 heavy (non-hydrogen) atoms. The molecule has 1 amide bonds. The zero-order valence-electron chi connectivity index (χ0n) is 18.5. The predicted molar refractivity (Wildman–Crippen MR) is 112 cm³/mol. The van der Waals surface area contributed by atoms with Crippen molar-refractivity contribution in [3.8, 4) is 11.5 Å². The lowest BCUT2D eigenvalue weighted by Gasteiger charge is -2.18. The summed E-state index contributed by atoms with van der Waals surface area (Å²) in [5.41, 5.74) is 0.288. The van der Waals surface area contributed by atoms with E-state index in [9.17, 15) is 9.59 Å². The van der Waals surface area contributed by atoms with E-state index in [2.05, 4.69) is 19.2 Å². The van der Waals surface area contributed by atoms with Crippen molar-refractivity contribution in [1.29, 1.82) is 0 Å². The first-order valence-electron chi connectivity index (χ1n) is 10.4. The van der Waals surface area contributed by atoms with Crippen LogP contribution in [0.1, 0.15) is 65.9 Å². The van der Waals surface area contributed by atoms with Gasteiger partial charge >= 0.3 is 5.97 Å². The van der Waals surface area contributed by atoms with E-state index in [0.717, 1.165) is 24.8 Å². The van der Waals surface area contributed by atoms with Gasteiger partial charge in [0.05, 0.1) is 24.7 Å². The molecule has 1 aromatic carbocycles.